The SMILES string of the molecule is Cc1ccn(-c2cc(-n3ccc(C)n3)c(F)cc2F)n1. The number of hydrogen-bond acceptors (Lipinski definition) is 2. The van der Waals surface area contributed by atoms with Crippen molar-refractivity contribution in [2.24, 2.45) is 0 Å². The van der Waals surface area contributed by atoms with Crippen molar-refractivity contribution in [1.29, 1.82) is 0 Å². The van der Waals surface area contributed by atoms with Gasteiger partial charge < -0.3 is 0 Å². The molecule has 2 heterocycles. The summed E-state index contributed by atoms with van der Waals surface area (Å²) in [5.41, 5.74) is 1.88. The van der Waals surface area contributed by atoms with Gasteiger partial charge in [-0.15, -0.1) is 0 Å². The highest BCUT2D eigenvalue weighted by Crippen LogP contribution is 2.21. The number of hydrogen-bond donors (Lipinski definition) is 0. The van der Waals surface area contributed by atoms with Gasteiger partial charge in [0.25, 0.3) is 0 Å². The van der Waals surface area contributed by atoms with Crippen LogP contribution in [-0.4, -0.2) is 19.6 Å². The Morgan fingerprint density at radius 3 is 1.60 bits per heavy atom. The maximum atomic E-state index is 13.9. The standard InChI is InChI=1S/C14H12F2N4/c1-9-3-5-19(17-9)13-8-14(12(16)7-11(13)15)20-6-4-10(2)18-20/h3-8H,1-2H3. The molecule has 0 radical (unpaired) electrons. The lowest BCUT2D eigenvalue weighted by molar-refractivity contribution is 0.564. The van der Waals surface area contributed by atoms with Crippen LogP contribution in [0.1, 0.15) is 11.4 Å². The van der Waals surface area contributed by atoms with Crippen LogP contribution in [0.4, 0.5) is 8.78 Å². The molecule has 0 saturated heterocycles. The van der Waals surface area contributed by atoms with Gasteiger partial charge in [0.1, 0.15) is 11.4 Å². The van der Waals surface area contributed by atoms with Crippen LogP contribution in [0.15, 0.2) is 36.7 Å². The first-order valence-electron chi connectivity index (χ1n) is 6.09. The Labute approximate surface area is 114 Å². The molecule has 0 fully saturated rings. The summed E-state index contributed by atoms with van der Waals surface area (Å²) in [5, 5.41) is 8.27. The molecule has 0 N–H and O–H groups in total. The van der Waals surface area contributed by atoms with E-state index in [-0.39, 0.29) is 11.4 Å². The number of aryl methyl sites for hydroxylation is 2. The highest BCUT2D eigenvalue weighted by molar-refractivity contribution is 5.45. The zero-order chi connectivity index (χ0) is 14.3. The molecule has 0 saturated carbocycles. The number of rotatable bonds is 2. The van der Waals surface area contributed by atoms with Gasteiger partial charge in [0.05, 0.1) is 11.4 Å². The Morgan fingerprint density at radius 1 is 0.800 bits per heavy atom. The van der Waals surface area contributed by atoms with Gasteiger partial charge in [0.15, 0.2) is 11.6 Å². The van der Waals surface area contributed by atoms with E-state index < -0.39 is 11.6 Å². The Morgan fingerprint density at radius 2 is 1.25 bits per heavy atom. The van der Waals surface area contributed by atoms with Crippen molar-refractivity contribution in [3.05, 3.63) is 59.7 Å². The minimum atomic E-state index is -0.668. The molecule has 0 bridgehead atoms. The third-order valence-corrected chi connectivity index (χ3v) is 2.95. The molecule has 102 valence electrons. The van der Waals surface area contributed by atoms with Gasteiger partial charge in [-0.05, 0) is 32.0 Å². The Kier molecular flexibility index (Phi) is 2.85. The molecule has 0 spiro atoms. The molecular weight excluding hydrogens is 262 g/mol. The van der Waals surface area contributed by atoms with Gasteiger partial charge in [0.2, 0.25) is 0 Å². The van der Waals surface area contributed by atoms with E-state index in [1.807, 2.05) is 0 Å². The summed E-state index contributed by atoms with van der Waals surface area (Å²) in [6, 6.07) is 5.74. The van der Waals surface area contributed by atoms with Crippen LogP contribution >= 0.6 is 0 Å². The second-order valence-corrected chi connectivity index (χ2v) is 4.56. The fraction of sp³-hybridized carbons (Fsp3) is 0.143. The lowest BCUT2D eigenvalue weighted by Gasteiger charge is -2.08. The first-order valence-corrected chi connectivity index (χ1v) is 6.09. The van der Waals surface area contributed by atoms with Crippen molar-refractivity contribution >= 4 is 0 Å². The molecule has 0 amide bonds. The van der Waals surface area contributed by atoms with Crippen molar-refractivity contribution in [3.8, 4) is 11.4 Å². The van der Waals surface area contributed by atoms with Crippen LogP contribution < -0.4 is 0 Å². The Bertz CT molecular complexity index is 712. The smallest absolute Gasteiger partial charge is 0.151 e. The molecule has 0 aliphatic rings. The lowest BCUT2D eigenvalue weighted by Crippen LogP contribution is -2.05. The van der Waals surface area contributed by atoms with Gasteiger partial charge in [-0.2, -0.15) is 10.2 Å². The van der Waals surface area contributed by atoms with Crippen LogP contribution in [0.2, 0.25) is 0 Å². The van der Waals surface area contributed by atoms with Crippen LogP contribution in [0.3, 0.4) is 0 Å². The first-order chi connectivity index (χ1) is 9.54. The minimum absolute atomic E-state index is 0.183. The molecule has 6 heteroatoms. The summed E-state index contributed by atoms with van der Waals surface area (Å²) in [6.45, 7) is 3.60. The number of benzene rings is 1. The Hall–Kier alpha value is -2.50. The number of nitrogens with zero attached hydrogens (tertiary/aromatic N) is 4. The van der Waals surface area contributed by atoms with Gasteiger partial charge in [-0.1, -0.05) is 0 Å². The van der Waals surface area contributed by atoms with Crippen molar-refractivity contribution < 1.29 is 8.78 Å². The third-order valence-electron chi connectivity index (χ3n) is 2.95. The third kappa shape index (κ3) is 2.09. The first kappa shape index (κ1) is 12.5. The van der Waals surface area contributed by atoms with Gasteiger partial charge >= 0.3 is 0 Å². The van der Waals surface area contributed by atoms with Crippen molar-refractivity contribution in [2.45, 2.75) is 13.8 Å². The van der Waals surface area contributed by atoms with E-state index in [4.69, 9.17) is 0 Å². The summed E-state index contributed by atoms with van der Waals surface area (Å²) >= 11 is 0. The zero-order valence-electron chi connectivity index (χ0n) is 11.0. The van der Waals surface area contributed by atoms with Crippen LogP contribution in [0, 0.1) is 25.5 Å². The molecule has 20 heavy (non-hydrogen) atoms. The van der Waals surface area contributed by atoms with E-state index >= 15 is 0 Å². The predicted octanol–water partition coefficient (Wildman–Crippen LogP) is 2.95. The second-order valence-electron chi connectivity index (χ2n) is 4.56. The monoisotopic (exact) mass is 274 g/mol. The van der Waals surface area contributed by atoms with E-state index in [9.17, 15) is 8.78 Å². The molecule has 3 aromatic rings. The number of halogens is 2. The highest BCUT2D eigenvalue weighted by Gasteiger charge is 2.14. The fourth-order valence-corrected chi connectivity index (χ4v) is 1.98. The maximum absolute atomic E-state index is 13.9. The molecular formula is C14H12F2N4. The number of aromatic nitrogens is 4. The van der Waals surface area contributed by atoms with Crippen LogP contribution in [0.25, 0.3) is 11.4 Å². The van der Waals surface area contributed by atoms with Gasteiger partial charge in [-0.3, -0.25) is 0 Å². The Balaban J connectivity index is 2.17. The van der Waals surface area contributed by atoms with E-state index in [1.165, 1.54) is 15.4 Å². The van der Waals surface area contributed by atoms with Gasteiger partial charge in [-0.25, -0.2) is 18.1 Å². The fourth-order valence-electron chi connectivity index (χ4n) is 1.98. The van der Waals surface area contributed by atoms with Gasteiger partial charge in [0, 0.05) is 18.5 Å². The van der Waals surface area contributed by atoms with Crippen molar-refractivity contribution in [3.63, 3.8) is 0 Å². The van der Waals surface area contributed by atoms with E-state index in [0.717, 1.165) is 17.5 Å². The largest absolute Gasteiger partial charge is 0.238 e. The van der Waals surface area contributed by atoms with E-state index in [2.05, 4.69) is 10.2 Å². The maximum Gasteiger partial charge on any atom is 0.151 e. The average Bonchev–Trinajstić information content (AvgIpc) is 2.99. The summed E-state index contributed by atoms with van der Waals surface area (Å²) in [5.74, 6) is -1.34. The molecule has 0 atom stereocenters. The minimum Gasteiger partial charge on any atom is -0.238 e. The summed E-state index contributed by atoms with van der Waals surface area (Å²) in [4.78, 5) is 0. The molecule has 0 aliphatic heterocycles. The summed E-state index contributed by atoms with van der Waals surface area (Å²) < 4.78 is 30.6. The summed E-state index contributed by atoms with van der Waals surface area (Å²) in [7, 11) is 0. The summed E-state index contributed by atoms with van der Waals surface area (Å²) in [6.07, 6.45) is 3.26. The second kappa shape index (κ2) is 4.56. The van der Waals surface area contributed by atoms with Crippen molar-refractivity contribution in [2.75, 3.05) is 0 Å². The van der Waals surface area contributed by atoms with E-state index in [0.29, 0.717) is 0 Å². The van der Waals surface area contributed by atoms with E-state index in [1.54, 1.807) is 38.4 Å². The molecule has 2 aromatic heterocycles. The lowest BCUT2D eigenvalue weighted by atomic mass is 10.2. The normalized spacial score (nSPS) is 11.0. The quantitative estimate of drug-likeness (QED) is 0.720. The average molecular weight is 274 g/mol. The molecule has 1 aromatic carbocycles. The van der Waals surface area contributed by atoms with Crippen LogP contribution in [0.5, 0.6) is 0 Å². The molecule has 4 nitrogen and oxygen atoms in total. The molecule has 3 rings (SSSR count). The highest BCUT2D eigenvalue weighted by atomic mass is 19.1. The molecule has 0 unspecified atom stereocenters. The zero-order valence-corrected chi connectivity index (χ0v) is 11.0. The van der Waals surface area contributed by atoms with Crippen molar-refractivity contribution in [1.82, 2.24) is 19.6 Å². The molecule has 0 aliphatic carbocycles. The topological polar surface area (TPSA) is 35.6 Å². The van der Waals surface area contributed by atoms with Crippen LogP contribution in [-0.2, 0) is 0 Å². The predicted molar refractivity (Wildman–Crippen MR) is 70.1 cm³/mol.